The van der Waals surface area contributed by atoms with Crippen LogP contribution in [-0.4, -0.2) is 24.1 Å². The molecule has 0 saturated heterocycles. The molecule has 0 atom stereocenters. The largest absolute Gasteiger partial charge is 0.385 e. The van der Waals surface area contributed by atoms with Crippen molar-refractivity contribution in [1.82, 2.24) is 0 Å². The Morgan fingerprint density at radius 2 is 1.73 bits per heavy atom. The molecule has 0 aromatic rings. The van der Waals surface area contributed by atoms with Gasteiger partial charge in [-0.1, -0.05) is 19.3 Å². The van der Waals surface area contributed by atoms with Crippen molar-refractivity contribution in [1.29, 1.82) is 0 Å². The van der Waals surface area contributed by atoms with Gasteiger partial charge < -0.3 is 10.5 Å². The fraction of sp³-hybridized carbons (Fsp3) is 0.917. The standard InChI is InChI=1S/C12H24N2O/c1-11(2,3)14-10(13)12(15-4)8-6-5-7-9-12/h5-9H2,1-4H3,(H2,13,14). The van der Waals surface area contributed by atoms with Gasteiger partial charge in [0.2, 0.25) is 0 Å². The number of nitrogens with zero attached hydrogens (tertiary/aromatic N) is 1. The lowest BCUT2D eigenvalue weighted by molar-refractivity contribution is 0.0176. The number of ether oxygens (including phenoxy) is 1. The maximum atomic E-state index is 6.11. The molecule has 0 aliphatic heterocycles. The molecule has 3 nitrogen and oxygen atoms in total. The van der Waals surface area contributed by atoms with Gasteiger partial charge in [-0.15, -0.1) is 0 Å². The molecule has 0 unspecified atom stereocenters. The van der Waals surface area contributed by atoms with Crippen LogP contribution in [0.3, 0.4) is 0 Å². The van der Waals surface area contributed by atoms with E-state index in [1.807, 2.05) is 0 Å². The Morgan fingerprint density at radius 1 is 1.20 bits per heavy atom. The van der Waals surface area contributed by atoms with Crippen molar-refractivity contribution < 1.29 is 4.74 Å². The van der Waals surface area contributed by atoms with Crippen LogP contribution < -0.4 is 5.73 Å². The molecule has 1 rings (SSSR count). The minimum atomic E-state index is -0.286. The van der Waals surface area contributed by atoms with Crippen molar-refractivity contribution in [2.75, 3.05) is 7.11 Å². The second kappa shape index (κ2) is 4.52. The molecule has 0 bridgehead atoms. The van der Waals surface area contributed by atoms with Gasteiger partial charge in [-0.05, 0) is 33.6 Å². The van der Waals surface area contributed by atoms with E-state index in [0.29, 0.717) is 5.84 Å². The quantitative estimate of drug-likeness (QED) is 0.564. The molecule has 3 heteroatoms. The minimum Gasteiger partial charge on any atom is -0.385 e. The molecule has 2 N–H and O–H groups in total. The van der Waals surface area contributed by atoms with Gasteiger partial charge in [0.25, 0.3) is 0 Å². The first kappa shape index (κ1) is 12.5. The second-order valence-electron chi connectivity index (χ2n) is 5.43. The second-order valence-corrected chi connectivity index (χ2v) is 5.43. The third kappa shape index (κ3) is 3.20. The van der Waals surface area contributed by atoms with E-state index in [4.69, 9.17) is 10.5 Å². The lowest BCUT2D eigenvalue weighted by Crippen LogP contribution is -2.48. The predicted molar refractivity (Wildman–Crippen MR) is 64.2 cm³/mol. The van der Waals surface area contributed by atoms with Crippen molar-refractivity contribution in [3.8, 4) is 0 Å². The number of rotatable bonds is 2. The summed E-state index contributed by atoms with van der Waals surface area (Å²) in [5.41, 5.74) is 5.70. The smallest absolute Gasteiger partial charge is 0.127 e. The van der Waals surface area contributed by atoms with Crippen LogP contribution in [0, 0.1) is 0 Å². The highest BCUT2D eigenvalue weighted by Crippen LogP contribution is 2.32. The first-order valence-electron chi connectivity index (χ1n) is 5.81. The van der Waals surface area contributed by atoms with Crippen molar-refractivity contribution >= 4 is 5.84 Å². The number of hydrogen-bond donors (Lipinski definition) is 1. The zero-order chi connectivity index (χ0) is 11.5. The molecule has 88 valence electrons. The molecule has 15 heavy (non-hydrogen) atoms. The fourth-order valence-electron chi connectivity index (χ4n) is 2.15. The van der Waals surface area contributed by atoms with Crippen LogP contribution in [-0.2, 0) is 4.74 Å². The maximum Gasteiger partial charge on any atom is 0.127 e. The van der Waals surface area contributed by atoms with Gasteiger partial charge in [0.15, 0.2) is 0 Å². The average molecular weight is 212 g/mol. The van der Waals surface area contributed by atoms with Crippen molar-refractivity contribution in [2.45, 2.75) is 64.0 Å². The van der Waals surface area contributed by atoms with E-state index in [1.165, 1.54) is 19.3 Å². The van der Waals surface area contributed by atoms with Crippen molar-refractivity contribution in [2.24, 2.45) is 10.7 Å². The number of amidine groups is 1. The highest BCUT2D eigenvalue weighted by Gasteiger charge is 2.36. The summed E-state index contributed by atoms with van der Waals surface area (Å²) in [5, 5.41) is 0. The number of nitrogens with two attached hydrogens (primary N) is 1. The van der Waals surface area contributed by atoms with Gasteiger partial charge in [-0.3, -0.25) is 4.99 Å². The van der Waals surface area contributed by atoms with Gasteiger partial charge in [0.1, 0.15) is 11.4 Å². The first-order valence-corrected chi connectivity index (χ1v) is 5.81. The Labute approximate surface area is 93.1 Å². The van der Waals surface area contributed by atoms with Crippen LogP contribution in [0.1, 0.15) is 52.9 Å². The summed E-state index contributed by atoms with van der Waals surface area (Å²) in [7, 11) is 1.75. The van der Waals surface area contributed by atoms with E-state index in [0.717, 1.165) is 12.8 Å². The first-order chi connectivity index (χ1) is 6.90. The van der Waals surface area contributed by atoms with Gasteiger partial charge in [0.05, 0.1) is 5.54 Å². The Hall–Kier alpha value is -0.570. The van der Waals surface area contributed by atoms with Crippen LogP contribution in [0.2, 0.25) is 0 Å². The predicted octanol–water partition coefficient (Wildman–Crippen LogP) is 2.49. The minimum absolute atomic E-state index is 0.118. The highest BCUT2D eigenvalue weighted by molar-refractivity contribution is 5.89. The van der Waals surface area contributed by atoms with Crippen LogP contribution in [0.25, 0.3) is 0 Å². The molecule has 1 fully saturated rings. The third-order valence-corrected chi connectivity index (χ3v) is 2.97. The Kier molecular flexibility index (Phi) is 3.77. The van der Waals surface area contributed by atoms with E-state index < -0.39 is 0 Å². The maximum absolute atomic E-state index is 6.11. The normalized spacial score (nSPS) is 22.8. The van der Waals surface area contributed by atoms with Crippen LogP contribution in [0.4, 0.5) is 0 Å². The lowest BCUT2D eigenvalue weighted by atomic mass is 9.83. The molecule has 0 aromatic heterocycles. The lowest BCUT2D eigenvalue weighted by Gasteiger charge is -2.36. The molecular formula is C12H24N2O. The number of hydrogen-bond acceptors (Lipinski definition) is 2. The fourth-order valence-corrected chi connectivity index (χ4v) is 2.15. The summed E-state index contributed by atoms with van der Waals surface area (Å²) in [6, 6.07) is 0. The average Bonchev–Trinajstić information content (AvgIpc) is 2.16. The number of methoxy groups -OCH3 is 1. The molecular weight excluding hydrogens is 188 g/mol. The summed E-state index contributed by atoms with van der Waals surface area (Å²) in [4.78, 5) is 4.55. The molecule has 0 amide bonds. The van der Waals surface area contributed by atoms with Crippen LogP contribution >= 0.6 is 0 Å². The molecule has 1 saturated carbocycles. The van der Waals surface area contributed by atoms with Gasteiger partial charge in [-0.25, -0.2) is 0 Å². The zero-order valence-corrected chi connectivity index (χ0v) is 10.5. The van der Waals surface area contributed by atoms with Crippen molar-refractivity contribution in [3.05, 3.63) is 0 Å². The van der Waals surface area contributed by atoms with Gasteiger partial charge >= 0.3 is 0 Å². The van der Waals surface area contributed by atoms with E-state index in [1.54, 1.807) is 7.11 Å². The number of aliphatic imine (C=N–C) groups is 1. The monoisotopic (exact) mass is 212 g/mol. The molecule has 0 heterocycles. The zero-order valence-electron chi connectivity index (χ0n) is 10.5. The Bertz CT molecular complexity index is 234. The third-order valence-electron chi connectivity index (χ3n) is 2.97. The topological polar surface area (TPSA) is 47.6 Å². The summed E-state index contributed by atoms with van der Waals surface area (Å²) in [6.07, 6.45) is 5.68. The SMILES string of the molecule is COC1(C(N)=NC(C)(C)C)CCCCC1. The molecule has 1 aliphatic carbocycles. The summed E-state index contributed by atoms with van der Waals surface area (Å²) in [5.74, 6) is 0.678. The molecule has 0 aromatic carbocycles. The summed E-state index contributed by atoms with van der Waals surface area (Å²) < 4.78 is 5.63. The summed E-state index contributed by atoms with van der Waals surface area (Å²) >= 11 is 0. The van der Waals surface area contributed by atoms with Crippen LogP contribution in [0.5, 0.6) is 0 Å². The Balaban J connectivity index is 2.85. The van der Waals surface area contributed by atoms with Crippen LogP contribution in [0.15, 0.2) is 4.99 Å². The Morgan fingerprint density at radius 3 is 2.13 bits per heavy atom. The molecule has 0 spiro atoms. The van der Waals surface area contributed by atoms with E-state index in [-0.39, 0.29) is 11.1 Å². The van der Waals surface area contributed by atoms with E-state index in [2.05, 4.69) is 25.8 Å². The highest BCUT2D eigenvalue weighted by atomic mass is 16.5. The molecule has 0 radical (unpaired) electrons. The van der Waals surface area contributed by atoms with E-state index in [9.17, 15) is 0 Å². The summed E-state index contributed by atoms with van der Waals surface area (Å²) in [6.45, 7) is 6.18. The van der Waals surface area contributed by atoms with Gasteiger partial charge in [-0.2, -0.15) is 0 Å². The molecule has 1 aliphatic rings. The van der Waals surface area contributed by atoms with Gasteiger partial charge in [0, 0.05) is 7.11 Å². The van der Waals surface area contributed by atoms with Crippen molar-refractivity contribution in [3.63, 3.8) is 0 Å². The van der Waals surface area contributed by atoms with E-state index >= 15 is 0 Å².